The van der Waals surface area contributed by atoms with Crippen LogP contribution in [-0.4, -0.2) is 17.3 Å². The highest BCUT2D eigenvalue weighted by Crippen LogP contribution is 1.97. The normalized spacial score (nSPS) is 8.45. The van der Waals surface area contributed by atoms with Gasteiger partial charge in [0.15, 0.2) is 0 Å². The molecule has 0 heterocycles. The van der Waals surface area contributed by atoms with Crippen molar-refractivity contribution in [3.05, 3.63) is 38.0 Å². The highest BCUT2D eigenvalue weighted by atomic mass is 35.5. The van der Waals surface area contributed by atoms with Crippen molar-refractivity contribution in [3.8, 4) is 0 Å². The van der Waals surface area contributed by atoms with Gasteiger partial charge in [-0.25, -0.2) is 0 Å². The van der Waals surface area contributed by atoms with Crippen molar-refractivity contribution in [2.75, 3.05) is 17.3 Å². The van der Waals surface area contributed by atoms with Crippen molar-refractivity contribution in [3.63, 3.8) is 0 Å². The summed E-state index contributed by atoms with van der Waals surface area (Å²) < 4.78 is 0. The summed E-state index contributed by atoms with van der Waals surface area (Å²) in [5.74, 6) is 3.29. The second kappa shape index (κ2) is 9.86. The second-order valence-corrected chi connectivity index (χ2v) is 4.20. The van der Waals surface area contributed by atoms with Crippen molar-refractivity contribution < 1.29 is 12.4 Å². The molecule has 0 saturated carbocycles. The summed E-state index contributed by atoms with van der Waals surface area (Å²) in [7, 11) is 0.421. The molecule has 0 aromatic rings. The Bertz CT molecular complexity index is 97.0. The van der Waals surface area contributed by atoms with Crippen LogP contribution in [0.4, 0.5) is 0 Å². The van der Waals surface area contributed by atoms with Crippen molar-refractivity contribution in [2.24, 2.45) is 0 Å². The number of rotatable bonds is 6. The first-order valence-electron chi connectivity index (χ1n) is 3.32. The van der Waals surface area contributed by atoms with Gasteiger partial charge in [0.2, 0.25) is 0 Å². The smallest absolute Gasteiger partial charge is 0.126 e. The number of hydrogen-bond acceptors (Lipinski definition) is 0. The van der Waals surface area contributed by atoms with Crippen LogP contribution in [-0.2, 0) is 10.9 Å². The van der Waals surface area contributed by atoms with E-state index in [0.29, 0.717) is 10.9 Å². The molecule has 0 atom stereocenters. The highest BCUT2D eigenvalue weighted by molar-refractivity contribution is 7.97. The maximum Gasteiger partial charge on any atom is 0.126 e. The van der Waals surface area contributed by atoms with Gasteiger partial charge in [0.25, 0.3) is 0 Å². The molecule has 64 valence electrons. The Kier molecular flexibility index (Phi) is 12.1. The van der Waals surface area contributed by atoms with Crippen molar-refractivity contribution >= 4 is 10.9 Å². The van der Waals surface area contributed by atoms with Crippen molar-refractivity contribution in [1.82, 2.24) is 0 Å². The molecule has 0 aliphatic heterocycles. The maximum absolute atomic E-state index is 3.70. The van der Waals surface area contributed by atoms with Crippen LogP contribution in [0.2, 0.25) is 0 Å². The van der Waals surface area contributed by atoms with E-state index in [1.54, 1.807) is 0 Å². The first-order valence-corrected chi connectivity index (χ1v) is 5.05. The summed E-state index contributed by atoms with van der Waals surface area (Å²) >= 11 is 0. The standard InChI is InChI=1S/C9H15S.ClH/c1-4-7-10(8-5-2)9-6-3;/h4-6H,1-3,7-9H2;1H/q+1;/p-1. The molecule has 2 heteroatoms. The van der Waals surface area contributed by atoms with Gasteiger partial charge in [0.05, 0.1) is 0 Å². The minimum absolute atomic E-state index is 0. The quantitative estimate of drug-likeness (QED) is 0.379. The van der Waals surface area contributed by atoms with E-state index in [1.807, 2.05) is 18.2 Å². The number of hydrogen-bond donors (Lipinski definition) is 0. The summed E-state index contributed by atoms with van der Waals surface area (Å²) in [5.41, 5.74) is 0. The Morgan fingerprint density at radius 1 is 0.818 bits per heavy atom. The van der Waals surface area contributed by atoms with Gasteiger partial charge in [-0.1, -0.05) is 19.7 Å². The lowest BCUT2D eigenvalue weighted by Crippen LogP contribution is -3.00. The van der Waals surface area contributed by atoms with E-state index in [-0.39, 0.29) is 12.4 Å². The van der Waals surface area contributed by atoms with E-state index < -0.39 is 0 Å². The average Bonchev–Trinajstić information content (AvgIpc) is 1.90. The predicted octanol–water partition coefficient (Wildman–Crippen LogP) is -0.833. The van der Waals surface area contributed by atoms with E-state index in [2.05, 4.69) is 19.7 Å². The minimum atomic E-state index is 0. The van der Waals surface area contributed by atoms with E-state index in [9.17, 15) is 0 Å². The van der Waals surface area contributed by atoms with Gasteiger partial charge >= 0.3 is 0 Å². The molecule has 0 bridgehead atoms. The summed E-state index contributed by atoms with van der Waals surface area (Å²) in [5, 5.41) is 0. The van der Waals surface area contributed by atoms with E-state index in [0.717, 1.165) is 17.3 Å². The third-order valence-corrected chi connectivity index (χ3v) is 3.18. The van der Waals surface area contributed by atoms with Crippen LogP contribution >= 0.6 is 0 Å². The molecule has 0 fully saturated rings. The molecule has 0 spiro atoms. The first kappa shape index (κ1) is 13.4. The molecule has 0 nitrogen and oxygen atoms in total. The molecule has 0 aromatic carbocycles. The van der Waals surface area contributed by atoms with Crippen LogP contribution in [0.25, 0.3) is 0 Å². The van der Waals surface area contributed by atoms with Crippen LogP contribution < -0.4 is 12.4 Å². The summed E-state index contributed by atoms with van der Waals surface area (Å²) in [6, 6.07) is 0. The fourth-order valence-electron chi connectivity index (χ4n) is 0.704. The minimum Gasteiger partial charge on any atom is -1.00 e. The lowest BCUT2D eigenvalue weighted by molar-refractivity contribution is -0.00000213. The van der Waals surface area contributed by atoms with Gasteiger partial charge in [0, 0.05) is 0 Å². The Balaban J connectivity index is 0. The molecule has 0 rings (SSSR count). The van der Waals surface area contributed by atoms with E-state index >= 15 is 0 Å². The van der Waals surface area contributed by atoms with Gasteiger partial charge in [-0.3, -0.25) is 0 Å². The summed E-state index contributed by atoms with van der Waals surface area (Å²) in [6.07, 6.45) is 5.91. The van der Waals surface area contributed by atoms with Crippen LogP contribution in [0.1, 0.15) is 0 Å². The number of halogens is 1. The third kappa shape index (κ3) is 7.76. The molecule has 0 amide bonds. The third-order valence-electron chi connectivity index (χ3n) is 1.06. The van der Waals surface area contributed by atoms with E-state index in [4.69, 9.17) is 0 Å². The van der Waals surface area contributed by atoms with Gasteiger partial charge < -0.3 is 12.4 Å². The topological polar surface area (TPSA) is 0 Å². The zero-order valence-corrected chi connectivity index (χ0v) is 8.33. The maximum atomic E-state index is 3.70. The van der Waals surface area contributed by atoms with Crippen LogP contribution in [0.15, 0.2) is 38.0 Å². The summed E-state index contributed by atoms with van der Waals surface area (Å²) in [4.78, 5) is 0. The second-order valence-electron chi connectivity index (χ2n) is 1.98. The zero-order valence-electron chi connectivity index (χ0n) is 6.76. The fourth-order valence-corrected chi connectivity index (χ4v) is 2.11. The molecule has 11 heavy (non-hydrogen) atoms. The molecule has 0 saturated heterocycles. The van der Waals surface area contributed by atoms with Gasteiger partial charge in [-0.05, 0) is 29.1 Å². The van der Waals surface area contributed by atoms with Crippen molar-refractivity contribution in [1.29, 1.82) is 0 Å². The van der Waals surface area contributed by atoms with Crippen LogP contribution in [0.5, 0.6) is 0 Å². The van der Waals surface area contributed by atoms with E-state index in [1.165, 1.54) is 0 Å². The van der Waals surface area contributed by atoms with Crippen molar-refractivity contribution in [2.45, 2.75) is 0 Å². The molecule has 0 N–H and O–H groups in total. The average molecular weight is 191 g/mol. The molecule has 0 aliphatic rings. The highest BCUT2D eigenvalue weighted by Gasteiger charge is 2.09. The first-order chi connectivity index (χ1) is 4.85. The van der Waals surface area contributed by atoms with Crippen LogP contribution in [0.3, 0.4) is 0 Å². The predicted molar refractivity (Wildman–Crippen MR) is 52.6 cm³/mol. The van der Waals surface area contributed by atoms with Gasteiger partial charge in [-0.2, -0.15) is 0 Å². The van der Waals surface area contributed by atoms with Gasteiger partial charge in [-0.15, -0.1) is 0 Å². The monoisotopic (exact) mass is 190 g/mol. The molecule has 0 radical (unpaired) electrons. The zero-order chi connectivity index (χ0) is 7.82. The Morgan fingerprint density at radius 2 is 1.09 bits per heavy atom. The Morgan fingerprint density at radius 3 is 1.27 bits per heavy atom. The molecule has 0 aliphatic carbocycles. The summed E-state index contributed by atoms with van der Waals surface area (Å²) in [6.45, 7) is 11.1. The molecular formula is C9H15ClS. The lowest BCUT2D eigenvalue weighted by Gasteiger charge is -1.98. The molecule has 0 aromatic heterocycles. The van der Waals surface area contributed by atoms with Crippen LogP contribution in [0, 0.1) is 0 Å². The molecular weight excluding hydrogens is 176 g/mol. The van der Waals surface area contributed by atoms with Gasteiger partial charge in [0.1, 0.15) is 17.3 Å². The Hall–Kier alpha value is -0.140. The molecule has 0 unspecified atom stereocenters. The lowest BCUT2D eigenvalue weighted by atomic mass is 10.7. The SMILES string of the molecule is C=CC[S+](CC=C)CC=C.[Cl-]. The fraction of sp³-hybridized carbons (Fsp3) is 0.333. The Labute approximate surface area is 78.8 Å². The largest absolute Gasteiger partial charge is 1.00 e.